The first-order chi connectivity index (χ1) is 20.3. The van der Waals surface area contributed by atoms with Gasteiger partial charge >= 0.3 is 0 Å². The van der Waals surface area contributed by atoms with Gasteiger partial charge in [-0.2, -0.15) is 0 Å². The number of hydrogen-bond acceptors (Lipinski definition) is 6. The fourth-order valence-corrected chi connectivity index (χ4v) is 7.49. The molecule has 44 heavy (non-hydrogen) atoms. The highest BCUT2D eigenvalue weighted by Crippen LogP contribution is 2.68. The Morgan fingerprint density at radius 2 is 1.59 bits per heavy atom. The van der Waals surface area contributed by atoms with Crippen LogP contribution in [0.2, 0.25) is 0 Å². The number of aliphatic hydroxyl groups excluding tert-OH is 2. The van der Waals surface area contributed by atoms with Crippen molar-refractivity contribution in [1.29, 1.82) is 0 Å². The number of aliphatic hydroxyl groups is 2. The molecule has 6 nitrogen and oxygen atoms in total. The predicted molar refractivity (Wildman–Crippen MR) is 177 cm³/mol. The Balaban J connectivity index is 2.44. The molecule has 0 aromatic heterocycles. The van der Waals surface area contributed by atoms with Gasteiger partial charge in [-0.05, 0) is 116 Å². The topological polar surface area (TPSA) is 115 Å². The third-order valence-electron chi connectivity index (χ3n) is 10.4. The minimum Gasteiger partial charge on any atom is -0.506 e. The van der Waals surface area contributed by atoms with Crippen LogP contribution in [0.1, 0.15) is 99.5 Å². The molecule has 0 spiro atoms. The van der Waals surface area contributed by atoms with Gasteiger partial charge < -0.3 is 20.4 Å². The van der Waals surface area contributed by atoms with E-state index in [0.29, 0.717) is 19.3 Å². The summed E-state index contributed by atoms with van der Waals surface area (Å²) >= 11 is 0. The van der Waals surface area contributed by atoms with E-state index >= 15 is 0 Å². The number of rotatable bonds is 11. The smallest absolute Gasteiger partial charge is 0.179 e. The Morgan fingerprint density at radius 3 is 2.11 bits per heavy atom. The number of phenolic OH excluding ortho intramolecular Hbond substituents is 2. The molecule has 1 aromatic carbocycles. The van der Waals surface area contributed by atoms with E-state index in [0.717, 1.165) is 34.8 Å². The van der Waals surface area contributed by atoms with E-state index < -0.39 is 45.4 Å². The van der Waals surface area contributed by atoms with Crippen molar-refractivity contribution in [3.63, 3.8) is 0 Å². The van der Waals surface area contributed by atoms with E-state index in [1.54, 1.807) is 0 Å². The molecule has 2 saturated carbocycles. The van der Waals surface area contributed by atoms with E-state index in [1.165, 1.54) is 12.1 Å². The molecule has 0 radical (unpaired) electrons. The molecule has 5 unspecified atom stereocenters. The first-order valence-corrected chi connectivity index (χ1v) is 15.6. The van der Waals surface area contributed by atoms with Gasteiger partial charge in [-0.25, -0.2) is 0 Å². The maximum absolute atomic E-state index is 14.9. The molecule has 0 saturated heterocycles. The highest BCUT2D eigenvalue weighted by atomic mass is 16.3. The van der Waals surface area contributed by atoms with E-state index in [2.05, 4.69) is 19.2 Å². The fraction of sp³-hybridized carbons (Fsp3) is 0.526. The number of carbonyl (C=O) groups is 2. The van der Waals surface area contributed by atoms with Crippen LogP contribution in [0.3, 0.4) is 0 Å². The number of ketones is 2. The average molecular weight is 605 g/mol. The van der Waals surface area contributed by atoms with Crippen LogP contribution in [-0.4, -0.2) is 38.1 Å². The lowest BCUT2D eigenvalue weighted by Crippen LogP contribution is -2.71. The summed E-state index contributed by atoms with van der Waals surface area (Å²) in [7, 11) is 0. The van der Waals surface area contributed by atoms with Gasteiger partial charge in [0.2, 0.25) is 0 Å². The number of benzene rings is 1. The number of aromatic hydroxyl groups is 2. The van der Waals surface area contributed by atoms with Gasteiger partial charge in [-0.3, -0.25) is 9.59 Å². The molecule has 2 aliphatic carbocycles. The van der Waals surface area contributed by atoms with Crippen LogP contribution >= 0.6 is 0 Å². The summed E-state index contributed by atoms with van der Waals surface area (Å²) in [5.74, 6) is -2.84. The molecule has 5 atom stereocenters. The van der Waals surface area contributed by atoms with Crippen LogP contribution in [0, 0.1) is 28.1 Å². The number of carbonyl (C=O) groups excluding carboxylic acids is 2. The lowest BCUT2D eigenvalue weighted by Gasteiger charge is -2.65. The number of phenols is 2. The van der Waals surface area contributed by atoms with Crippen molar-refractivity contribution in [1.82, 2.24) is 0 Å². The van der Waals surface area contributed by atoms with Gasteiger partial charge in [0.25, 0.3) is 0 Å². The average Bonchev–Trinajstić information content (AvgIpc) is 2.91. The molecule has 4 N–H and O–H groups in total. The van der Waals surface area contributed by atoms with Crippen LogP contribution < -0.4 is 0 Å². The second-order valence-corrected chi connectivity index (χ2v) is 14.5. The Kier molecular flexibility index (Phi) is 10.3. The second kappa shape index (κ2) is 12.9. The van der Waals surface area contributed by atoms with E-state index in [-0.39, 0.29) is 41.6 Å². The second-order valence-electron chi connectivity index (χ2n) is 14.5. The van der Waals surface area contributed by atoms with Gasteiger partial charge in [0.05, 0.1) is 16.9 Å². The summed E-state index contributed by atoms with van der Waals surface area (Å²) in [5, 5.41) is 44.4. The Bertz CT molecular complexity index is 1430. The Morgan fingerprint density at radius 1 is 0.977 bits per heavy atom. The standard InChI is InChI=1S/C38H52O6/c1-22(2)11-13-27(25(7)8)20-37-21-28(15-12-23(3)4)36(9,10)38(35(37)44,18-17-24(5)6)34(43)31(33(37)42)32(41)26-14-16-29(39)30(40)19-26/h12,14,16-17,19,27-28,35,39-41,44H,1,7,11,13,15,18,20-21H2,2-6,8-10H3. The quantitative estimate of drug-likeness (QED) is 0.0661. The van der Waals surface area contributed by atoms with Crippen molar-refractivity contribution >= 4 is 17.3 Å². The van der Waals surface area contributed by atoms with Crippen molar-refractivity contribution in [2.45, 2.75) is 100 Å². The maximum atomic E-state index is 14.9. The van der Waals surface area contributed by atoms with Crippen LogP contribution in [0.5, 0.6) is 11.5 Å². The third-order valence-corrected chi connectivity index (χ3v) is 10.4. The maximum Gasteiger partial charge on any atom is 0.179 e. The van der Waals surface area contributed by atoms with Gasteiger partial charge in [-0.1, -0.05) is 54.9 Å². The zero-order chi connectivity index (χ0) is 33.4. The normalized spacial score (nSPS) is 27.8. The molecule has 2 fully saturated rings. The molecule has 240 valence electrons. The molecule has 6 heteroatoms. The van der Waals surface area contributed by atoms with E-state index in [9.17, 15) is 30.0 Å². The van der Waals surface area contributed by atoms with Crippen LogP contribution in [0.4, 0.5) is 0 Å². The zero-order valence-corrected chi connectivity index (χ0v) is 27.9. The molecule has 0 amide bonds. The number of fused-ring (bicyclic) bond motifs is 2. The Labute approximate surface area is 263 Å². The number of Topliss-reactive ketones (excluding diaryl/α,β-unsaturated/α-hetero) is 2. The minimum absolute atomic E-state index is 0.0385. The summed E-state index contributed by atoms with van der Waals surface area (Å²) in [6.45, 7) is 24.1. The molecule has 2 aliphatic rings. The minimum atomic E-state index is -1.42. The molecule has 0 aliphatic heterocycles. The SMILES string of the molecule is C=C(C)CCC(CC12CC(CC=C(C)C)C(C)(C)C(CC=C(C)C)(C(=O)C(=C(O)c3ccc(O)c(O)c3)C1=O)C2O)C(=C)C. The van der Waals surface area contributed by atoms with E-state index in [4.69, 9.17) is 0 Å². The Hall–Kier alpha value is -3.38. The van der Waals surface area contributed by atoms with E-state index in [1.807, 2.05) is 61.5 Å². The number of hydrogen-bond donors (Lipinski definition) is 4. The van der Waals surface area contributed by atoms with Gasteiger partial charge in [-0.15, -0.1) is 6.58 Å². The summed E-state index contributed by atoms with van der Waals surface area (Å²) in [6, 6.07) is 3.71. The van der Waals surface area contributed by atoms with Crippen molar-refractivity contribution < 1.29 is 30.0 Å². The van der Waals surface area contributed by atoms with Crippen LogP contribution in [-0.2, 0) is 9.59 Å². The lowest BCUT2D eigenvalue weighted by atomic mass is 9.37. The molecule has 1 aromatic rings. The van der Waals surface area contributed by atoms with Crippen LogP contribution in [0.15, 0.2) is 71.4 Å². The fourth-order valence-electron chi connectivity index (χ4n) is 7.49. The first-order valence-electron chi connectivity index (χ1n) is 15.6. The lowest BCUT2D eigenvalue weighted by molar-refractivity contribution is -0.208. The van der Waals surface area contributed by atoms with Crippen molar-refractivity contribution in [3.8, 4) is 11.5 Å². The summed E-state index contributed by atoms with van der Waals surface area (Å²) in [6.07, 6.45) is 5.66. The van der Waals surface area contributed by atoms with Crippen molar-refractivity contribution in [2.75, 3.05) is 0 Å². The largest absolute Gasteiger partial charge is 0.506 e. The third kappa shape index (κ3) is 6.10. The highest BCUT2D eigenvalue weighted by molar-refractivity contribution is 6.30. The summed E-state index contributed by atoms with van der Waals surface area (Å²) in [5.41, 5.74) is 0.119. The van der Waals surface area contributed by atoms with Gasteiger partial charge in [0, 0.05) is 5.56 Å². The molecular weight excluding hydrogens is 552 g/mol. The highest BCUT2D eigenvalue weighted by Gasteiger charge is 2.73. The monoisotopic (exact) mass is 604 g/mol. The molecule has 0 heterocycles. The zero-order valence-electron chi connectivity index (χ0n) is 27.9. The van der Waals surface area contributed by atoms with Crippen molar-refractivity contribution in [2.24, 2.45) is 28.1 Å². The van der Waals surface area contributed by atoms with Crippen molar-refractivity contribution in [3.05, 3.63) is 76.9 Å². The van der Waals surface area contributed by atoms with Crippen LogP contribution in [0.25, 0.3) is 5.76 Å². The summed E-state index contributed by atoms with van der Waals surface area (Å²) in [4.78, 5) is 29.9. The molecule has 2 bridgehead atoms. The predicted octanol–water partition coefficient (Wildman–Crippen LogP) is 8.55. The van der Waals surface area contributed by atoms with Gasteiger partial charge in [0.1, 0.15) is 11.3 Å². The number of allylic oxidation sites excluding steroid dienone is 7. The van der Waals surface area contributed by atoms with Gasteiger partial charge in [0.15, 0.2) is 23.1 Å². The summed E-state index contributed by atoms with van der Waals surface area (Å²) < 4.78 is 0. The molecular formula is C38H52O6. The molecule has 3 rings (SSSR count). The first kappa shape index (κ1) is 35.1.